The fourth-order valence-electron chi connectivity index (χ4n) is 3.09. The number of ether oxygens (including phenoxy) is 1. The van der Waals surface area contributed by atoms with Gasteiger partial charge >= 0.3 is 0 Å². The summed E-state index contributed by atoms with van der Waals surface area (Å²) in [6, 6.07) is 12.1. The summed E-state index contributed by atoms with van der Waals surface area (Å²) in [5, 5.41) is 2.73. The molecule has 0 aliphatic carbocycles. The van der Waals surface area contributed by atoms with Gasteiger partial charge in [-0.25, -0.2) is 8.78 Å². The van der Waals surface area contributed by atoms with E-state index >= 15 is 0 Å². The lowest BCUT2D eigenvalue weighted by atomic mass is 10.1. The molecule has 2 aromatic rings. The highest BCUT2D eigenvalue weighted by Crippen LogP contribution is 2.23. The summed E-state index contributed by atoms with van der Waals surface area (Å²) in [4.78, 5) is 14.5. The van der Waals surface area contributed by atoms with Crippen molar-refractivity contribution in [2.45, 2.75) is 19.0 Å². The zero-order valence-corrected chi connectivity index (χ0v) is 14.0. The van der Waals surface area contributed by atoms with Crippen LogP contribution in [-0.4, -0.2) is 37.0 Å². The Morgan fingerprint density at radius 2 is 2.00 bits per heavy atom. The summed E-state index contributed by atoms with van der Waals surface area (Å²) in [5.74, 6) is -2.77. The summed E-state index contributed by atoms with van der Waals surface area (Å²) in [6.45, 7) is 2.26. The molecule has 1 saturated heterocycles. The van der Waals surface area contributed by atoms with E-state index in [0.29, 0.717) is 6.54 Å². The summed E-state index contributed by atoms with van der Waals surface area (Å²) in [6.07, 6.45) is 0.742. The van der Waals surface area contributed by atoms with E-state index < -0.39 is 23.1 Å². The van der Waals surface area contributed by atoms with Crippen LogP contribution in [0.3, 0.4) is 0 Å². The van der Waals surface area contributed by atoms with Crippen molar-refractivity contribution < 1.29 is 18.3 Å². The molecular formula is C19H20F2N2O2. The Kier molecular flexibility index (Phi) is 5.28. The first kappa shape index (κ1) is 17.4. The number of nitrogens with zero attached hydrogens (tertiary/aromatic N) is 1. The standard InChI is InChI=1S/C19H20F2N2O2/c1-25-16-8-7-15(20)17(18(16)21)19(24)22-14-9-10-23(12-14)11-13-5-3-2-4-6-13/h2-8,14H,9-12H2,1H3,(H,22,24)/t14-/m0/s1. The van der Waals surface area contributed by atoms with Gasteiger partial charge in [-0.05, 0) is 24.1 Å². The first-order valence-electron chi connectivity index (χ1n) is 8.17. The molecule has 1 fully saturated rings. The zero-order chi connectivity index (χ0) is 17.8. The molecular weight excluding hydrogens is 326 g/mol. The van der Waals surface area contributed by atoms with Crippen molar-refractivity contribution in [3.8, 4) is 5.75 Å². The van der Waals surface area contributed by atoms with E-state index in [4.69, 9.17) is 4.74 Å². The molecule has 6 heteroatoms. The van der Waals surface area contributed by atoms with Gasteiger partial charge in [0.2, 0.25) is 0 Å². The molecule has 1 amide bonds. The Hall–Kier alpha value is -2.47. The molecule has 3 rings (SSSR count). The topological polar surface area (TPSA) is 41.6 Å². The average Bonchev–Trinajstić information content (AvgIpc) is 3.03. The monoisotopic (exact) mass is 346 g/mol. The molecule has 1 N–H and O–H groups in total. The lowest BCUT2D eigenvalue weighted by molar-refractivity contribution is 0.0928. The summed E-state index contributed by atoms with van der Waals surface area (Å²) >= 11 is 0. The maximum atomic E-state index is 14.2. The second kappa shape index (κ2) is 7.61. The van der Waals surface area contributed by atoms with Gasteiger partial charge in [0.15, 0.2) is 11.6 Å². The molecule has 0 aromatic heterocycles. The van der Waals surface area contributed by atoms with E-state index in [9.17, 15) is 13.6 Å². The normalized spacial score (nSPS) is 17.5. The van der Waals surface area contributed by atoms with Crippen molar-refractivity contribution >= 4 is 5.91 Å². The fraction of sp³-hybridized carbons (Fsp3) is 0.316. The van der Waals surface area contributed by atoms with E-state index in [1.807, 2.05) is 30.3 Å². The van der Waals surface area contributed by atoms with Gasteiger partial charge < -0.3 is 10.1 Å². The van der Waals surface area contributed by atoms with Crippen LogP contribution in [0.4, 0.5) is 8.78 Å². The number of nitrogens with one attached hydrogen (secondary N) is 1. The van der Waals surface area contributed by atoms with E-state index in [1.54, 1.807) is 0 Å². The van der Waals surface area contributed by atoms with E-state index in [0.717, 1.165) is 25.6 Å². The molecule has 0 spiro atoms. The van der Waals surface area contributed by atoms with E-state index in [1.165, 1.54) is 18.7 Å². The Balaban J connectivity index is 1.63. The predicted molar refractivity (Wildman–Crippen MR) is 90.5 cm³/mol. The molecule has 0 unspecified atom stereocenters. The SMILES string of the molecule is COc1ccc(F)c(C(=O)N[C@H]2CCN(Cc3ccccc3)C2)c1F. The molecule has 0 radical (unpaired) electrons. The van der Waals surface area contributed by atoms with Crippen molar-refractivity contribution in [3.63, 3.8) is 0 Å². The zero-order valence-electron chi connectivity index (χ0n) is 14.0. The molecule has 25 heavy (non-hydrogen) atoms. The highest BCUT2D eigenvalue weighted by atomic mass is 19.1. The lowest BCUT2D eigenvalue weighted by Gasteiger charge is -2.17. The number of methoxy groups -OCH3 is 1. The minimum atomic E-state index is -0.973. The van der Waals surface area contributed by atoms with Gasteiger partial charge in [-0.3, -0.25) is 9.69 Å². The third-order valence-electron chi connectivity index (χ3n) is 4.36. The van der Waals surface area contributed by atoms with Crippen LogP contribution in [0.2, 0.25) is 0 Å². The van der Waals surface area contributed by atoms with Crippen LogP contribution < -0.4 is 10.1 Å². The predicted octanol–water partition coefficient (Wildman–Crippen LogP) is 2.98. The first-order chi connectivity index (χ1) is 12.1. The fourth-order valence-corrected chi connectivity index (χ4v) is 3.09. The van der Waals surface area contributed by atoms with Crippen molar-refractivity contribution in [2.24, 2.45) is 0 Å². The number of carbonyl (C=O) groups excluding carboxylic acids is 1. The Morgan fingerprint density at radius 1 is 1.24 bits per heavy atom. The van der Waals surface area contributed by atoms with Gasteiger partial charge in [-0.15, -0.1) is 0 Å². The molecule has 4 nitrogen and oxygen atoms in total. The quantitative estimate of drug-likeness (QED) is 0.905. The van der Waals surface area contributed by atoms with E-state index in [2.05, 4.69) is 10.2 Å². The van der Waals surface area contributed by atoms with E-state index in [-0.39, 0.29) is 11.8 Å². The molecule has 0 bridgehead atoms. The molecule has 1 aliphatic rings. The molecule has 1 heterocycles. The van der Waals surface area contributed by atoms with Crippen LogP contribution >= 0.6 is 0 Å². The summed E-state index contributed by atoms with van der Waals surface area (Å²) < 4.78 is 32.9. The van der Waals surface area contributed by atoms with Crippen LogP contribution in [0.5, 0.6) is 5.75 Å². The number of rotatable bonds is 5. The number of amides is 1. The molecule has 2 aromatic carbocycles. The van der Waals surface area contributed by atoms with Gasteiger partial charge in [-0.1, -0.05) is 30.3 Å². The second-order valence-corrected chi connectivity index (χ2v) is 6.12. The van der Waals surface area contributed by atoms with Gasteiger partial charge in [0, 0.05) is 25.7 Å². The van der Waals surface area contributed by atoms with Crippen molar-refractivity contribution in [1.82, 2.24) is 10.2 Å². The number of halogens is 2. The van der Waals surface area contributed by atoms with Crippen LogP contribution in [0.15, 0.2) is 42.5 Å². The molecule has 1 atom stereocenters. The highest BCUT2D eigenvalue weighted by molar-refractivity contribution is 5.95. The minimum absolute atomic E-state index is 0.138. The van der Waals surface area contributed by atoms with Gasteiger partial charge in [-0.2, -0.15) is 0 Å². The molecule has 132 valence electrons. The third kappa shape index (κ3) is 3.96. The minimum Gasteiger partial charge on any atom is -0.494 e. The van der Waals surface area contributed by atoms with Crippen molar-refractivity contribution in [1.29, 1.82) is 0 Å². The number of benzene rings is 2. The van der Waals surface area contributed by atoms with Gasteiger partial charge in [0.25, 0.3) is 5.91 Å². The summed E-state index contributed by atoms with van der Waals surface area (Å²) in [7, 11) is 1.27. The van der Waals surface area contributed by atoms with Crippen LogP contribution in [0.1, 0.15) is 22.3 Å². The van der Waals surface area contributed by atoms with Crippen LogP contribution in [0.25, 0.3) is 0 Å². The number of likely N-dealkylation sites (tertiary alicyclic amines) is 1. The Labute approximate surface area is 145 Å². The number of hydrogen-bond acceptors (Lipinski definition) is 3. The van der Waals surface area contributed by atoms with Crippen LogP contribution in [0, 0.1) is 11.6 Å². The maximum Gasteiger partial charge on any atom is 0.257 e. The molecule has 0 saturated carbocycles. The maximum absolute atomic E-state index is 14.2. The smallest absolute Gasteiger partial charge is 0.257 e. The Morgan fingerprint density at radius 3 is 2.72 bits per heavy atom. The average molecular weight is 346 g/mol. The van der Waals surface area contributed by atoms with Crippen molar-refractivity contribution in [3.05, 3.63) is 65.2 Å². The largest absolute Gasteiger partial charge is 0.494 e. The first-order valence-corrected chi connectivity index (χ1v) is 8.17. The van der Waals surface area contributed by atoms with Gasteiger partial charge in [0.1, 0.15) is 11.4 Å². The number of carbonyl (C=O) groups is 1. The second-order valence-electron chi connectivity index (χ2n) is 6.12. The third-order valence-corrected chi connectivity index (χ3v) is 4.36. The molecule has 1 aliphatic heterocycles. The van der Waals surface area contributed by atoms with Crippen LogP contribution in [-0.2, 0) is 6.54 Å². The highest BCUT2D eigenvalue weighted by Gasteiger charge is 2.27. The Bertz CT molecular complexity index is 753. The lowest BCUT2D eigenvalue weighted by Crippen LogP contribution is -2.37. The van der Waals surface area contributed by atoms with Gasteiger partial charge in [0.05, 0.1) is 7.11 Å². The van der Waals surface area contributed by atoms with Crippen molar-refractivity contribution in [2.75, 3.05) is 20.2 Å². The summed E-state index contributed by atoms with van der Waals surface area (Å²) in [5.41, 5.74) is 0.597. The number of hydrogen-bond donors (Lipinski definition) is 1.